The van der Waals surface area contributed by atoms with E-state index in [1.54, 1.807) is 6.07 Å². The molecule has 0 atom stereocenters. The summed E-state index contributed by atoms with van der Waals surface area (Å²) in [6.07, 6.45) is 2.05. The number of esters is 1. The Kier molecular flexibility index (Phi) is 4.76. The number of aromatic nitrogens is 1. The van der Waals surface area contributed by atoms with Crippen LogP contribution in [0.1, 0.15) is 44.0 Å². The van der Waals surface area contributed by atoms with E-state index in [0.29, 0.717) is 37.6 Å². The molecular weight excluding hydrogens is 317 g/mol. The number of nitrogens with zero attached hydrogens (tertiary/aromatic N) is 3. The summed E-state index contributed by atoms with van der Waals surface area (Å²) in [5, 5.41) is 0. The van der Waals surface area contributed by atoms with E-state index in [1.807, 2.05) is 25.7 Å². The summed E-state index contributed by atoms with van der Waals surface area (Å²) in [5.74, 6) is 0.759. The van der Waals surface area contributed by atoms with Gasteiger partial charge in [-0.1, -0.05) is 0 Å². The minimum Gasteiger partial charge on any atom is -0.456 e. The molecule has 6 nitrogen and oxygen atoms in total. The third-order valence-electron chi connectivity index (χ3n) is 4.31. The Hall–Kier alpha value is -2.05. The van der Waals surface area contributed by atoms with Gasteiger partial charge in [-0.25, -0.2) is 9.78 Å². The van der Waals surface area contributed by atoms with Gasteiger partial charge in [-0.05, 0) is 51.3 Å². The normalized spacial score (nSPS) is 18.2. The number of rotatable bonds is 3. The van der Waals surface area contributed by atoms with Gasteiger partial charge in [0.05, 0.1) is 5.56 Å². The van der Waals surface area contributed by atoms with Crippen LogP contribution in [0.25, 0.3) is 0 Å². The Balaban J connectivity index is 1.68. The fourth-order valence-electron chi connectivity index (χ4n) is 2.90. The quantitative estimate of drug-likeness (QED) is 0.604. The second-order valence-electron chi connectivity index (χ2n) is 7.73. The highest BCUT2D eigenvalue weighted by molar-refractivity contribution is 6.31. The van der Waals surface area contributed by atoms with Gasteiger partial charge in [-0.3, -0.25) is 4.79 Å². The van der Waals surface area contributed by atoms with E-state index in [4.69, 9.17) is 12.6 Å². The Morgan fingerprint density at radius 2 is 1.80 bits per heavy atom. The first kappa shape index (κ1) is 17.8. The van der Waals surface area contributed by atoms with Gasteiger partial charge >= 0.3 is 5.97 Å². The van der Waals surface area contributed by atoms with Crippen molar-refractivity contribution in [2.24, 2.45) is 5.92 Å². The van der Waals surface area contributed by atoms with Gasteiger partial charge < -0.3 is 14.5 Å². The molecule has 2 heterocycles. The molecule has 1 saturated carbocycles. The van der Waals surface area contributed by atoms with Gasteiger partial charge in [-0.15, -0.1) is 0 Å². The topological polar surface area (TPSA) is 62.7 Å². The lowest BCUT2D eigenvalue weighted by Crippen LogP contribution is -2.49. The highest BCUT2D eigenvalue weighted by Gasteiger charge is 2.34. The summed E-state index contributed by atoms with van der Waals surface area (Å²) in [6.45, 7) is 8.19. The van der Waals surface area contributed by atoms with E-state index in [0.717, 1.165) is 12.8 Å². The summed E-state index contributed by atoms with van der Waals surface area (Å²) in [4.78, 5) is 32.8. The molecule has 2 fully saturated rings. The molecule has 1 saturated heterocycles. The zero-order valence-corrected chi connectivity index (χ0v) is 15.1. The molecule has 2 radical (unpaired) electrons. The molecule has 25 heavy (non-hydrogen) atoms. The number of anilines is 1. The van der Waals surface area contributed by atoms with Crippen LogP contribution in [0, 0.1) is 5.92 Å². The van der Waals surface area contributed by atoms with Crippen molar-refractivity contribution in [2.75, 3.05) is 31.1 Å². The summed E-state index contributed by atoms with van der Waals surface area (Å²) in [6, 6.07) is 3.24. The molecular formula is C18H24BN3O3. The van der Waals surface area contributed by atoms with Gasteiger partial charge in [0.1, 0.15) is 19.3 Å². The van der Waals surface area contributed by atoms with Crippen LogP contribution in [0.4, 0.5) is 5.82 Å². The van der Waals surface area contributed by atoms with Gasteiger partial charge in [0, 0.05) is 32.1 Å². The first-order valence-electron chi connectivity index (χ1n) is 8.77. The lowest BCUT2D eigenvalue weighted by atomic mass is 10.0. The van der Waals surface area contributed by atoms with Gasteiger partial charge in [-0.2, -0.15) is 0 Å². The molecule has 3 rings (SSSR count). The summed E-state index contributed by atoms with van der Waals surface area (Å²) in [7, 11) is 5.88. The van der Waals surface area contributed by atoms with Crippen LogP contribution in [0.15, 0.2) is 12.1 Å². The van der Waals surface area contributed by atoms with Gasteiger partial charge in [0.2, 0.25) is 5.91 Å². The van der Waals surface area contributed by atoms with Crippen LogP contribution < -0.4 is 10.5 Å². The molecule has 1 aliphatic heterocycles. The highest BCUT2D eigenvalue weighted by Crippen LogP contribution is 2.31. The predicted octanol–water partition coefficient (Wildman–Crippen LogP) is 0.889. The van der Waals surface area contributed by atoms with Crippen molar-refractivity contribution in [2.45, 2.75) is 39.2 Å². The molecule has 2 aliphatic rings. The molecule has 1 amide bonds. The van der Waals surface area contributed by atoms with E-state index in [-0.39, 0.29) is 17.4 Å². The van der Waals surface area contributed by atoms with E-state index in [9.17, 15) is 9.59 Å². The average Bonchev–Trinajstić information content (AvgIpc) is 3.37. The molecule has 1 aromatic heterocycles. The van der Waals surface area contributed by atoms with Gasteiger partial charge in [0.15, 0.2) is 0 Å². The van der Waals surface area contributed by atoms with E-state index in [1.165, 1.54) is 6.07 Å². The summed E-state index contributed by atoms with van der Waals surface area (Å²) >= 11 is 0. The minimum absolute atomic E-state index is 0.246. The second-order valence-corrected chi connectivity index (χ2v) is 7.73. The number of pyridine rings is 1. The van der Waals surface area contributed by atoms with E-state index in [2.05, 4.69) is 9.88 Å². The van der Waals surface area contributed by atoms with Crippen LogP contribution in [0.5, 0.6) is 0 Å². The Morgan fingerprint density at radius 3 is 2.36 bits per heavy atom. The lowest BCUT2D eigenvalue weighted by Gasteiger charge is -2.35. The molecule has 1 aromatic rings. The number of carbonyl (C=O) groups excluding carboxylic acids is 2. The molecule has 1 aliphatic carbocycles. The van der Waals surface area contributed by atoms with E-state index < -0.39 is 11.6 Å². The minimum atomic E-state index is -0.565. The van der Waals surface area contributed by atoms with Crippen molar-refractivity contribution in [3.63, 3.8) is 0 Å². The van der Waals surface area contributed by atoms with Crippen molar-refractivity contribution >= 4 is 31.1 Å². The van der Waals surface area contributed by atoms with Crippen LogP contribution >= 0.6 is 0 Å². The molecule has 0 aromatic carbocycles. The van der Waals surface area contributed by atoms with Crippen LogP contribution in [0.3, 0.4) is 0 Å². The van der Waals surface area contributed by atoms with Crippen molar-refractivity contribution < 1.29 is 14.3 Å². The Labute approximate surface area is 149 Å². The maximum atomic E-state index is 12.3. The highest BCUT2D eigenvalue weighted by atomic mass is 16.6. The third kappa shape index (κ3) is 4.52. The van der Waals surface area contributed by atoms with Crippen molar-refractivity contribution in [3.05, 3.63) is 17.7 Å². The average molecular weight is 341 g/mol. The number of carbonyl (C=O) groups is 2. The maximum Gasteiger partial charge on any atom is 0.338 e. The molecule has 0 bridgehead atoms. The fraction of sp³-hybridized carbons (Fsp3) is 0.611. The SMILES string of the molecule is [B]c1cc(C(=O)OC(C)(C)C)cc(N2CCN(C(=O)C3CC3)CC2)n1. The zero-order chi connectivity index (χ0) is 18.2. The molecule has 0 spiro atoms. The summed E-state index contributed by atoms with van der Waals surface area (Å²) < 4.78 is 5.41. The Bertz CT molecular complexity index is 675. The number of ether oxygens (including phenoxy) is 1. The monoisotopic (exact) mass is 341 g/mol. The summed E-state index contributed by atoms with van der Waals surface area (Å²) in [5.41, 5.74) is 0.119. The van der Waals surface area contributed by atoms with Gasteiger partial charge in [0.25, 0.3) is 0 Å². The largest absolute Gasteiger partial charge is 0.456 e. The molecule has 132 valence electrons. The lowest BCUT2D eigenvalue weighted by molar-refractivity contribution is -0.132. The second kappa shape index (κ2) is 6.69. The van der Waals surface area contributed by atoms with Crippen LogP contribution in [-0.2, 0) is 9.53 Å². The number of hydrogen-bond acceptors (Lipinski definition) is 5. The first-order chi connectivity index (χ1) is 11.7. The van der Waals surface area contributed by atoms with Crippen LogP contribution in [-0.4, -0.2) is 61.4 Å². The first-order valence-corrected chi connectivity index (χ1v) is 8.77. The van der Waals surface area contributed by atoms with Crippen molar-refractivity contribution in [1.29, 1.82) is 0 Å². The van der Waals surface area contributed by atoms with E-state index >= 15 is 0 Å². The number of piperazine rings is 1. The Morgan fingerprint density at radius 1 is 1.16 bits per heavy atom. The third-order valence-corrected chi connectivity index (χ3v) is 4.31. The number of hydrogen-bond donors (Lipinski definition) is 0. The zero-order valence-electron chi connectivity index (χ0n) is 15.1. The molecule has 0 N–H and O–H groups in total. The predicted molar refractivity (Wildman–Crippen MR) is 96.3 cm³/mol. The molecule has 7 heteroatoms. The maximum absolute atomic E-state index is 12.3. The molecule has 0 unspecified atom stereocenters. The number of amides is 1. The standard InChI is InChI=1S/C18H24BN3O3/c1-18(2,3)25-17(24)13-10-14(19)20-15(11-13)21-6-8-22(9-7-21)16(23)12-4-5-12/h10-12H,4-9H2,1-3H3. The smallest absolute Gasteiger partial charge is 0.338 e. The van der Waals surface area contributed by atoms with Crippen molar-refractivity contribution in [1.82, 2.24) is 9.88 Å². The van der Waals surface area contributed by atoms with Crippen LogP contribution in [0.2, 0.25) is 0 Å². The van der Waals surface area contributed by atoms with Crippen molar-refractivity contribution in [3.8, 4) is 0 Å². The fourth-order valence-corrected chi connectivity index (χ4v) is 2.90.